The summed E-state index contributed by atoms with van der Waals surface area (Å²) in [6.45, 7) is 2.52. The molecule has 1 aromatic carbocycles. The van der Waals surface area contributed by atoms with Crippen LogP contribution in [0.25, 0.3) is 5.83 Å². The molecule has 1 aliphatic rings. The molecule has 1 nitrogen and oxygen atoms in total. The molecule has 0 radical (unpaired) electrons. The van der Waals surface area contributed by atoms with Crippen molar-refractivity contribution < 1.29 is 31.1 Å². The minimum Gasteiger partial charge on any atom is -0.373 e. The fourth-order valence-corrected chi connectivity index (χ4v) is 2.93. The first-order chi connectivity index (χ1) is 11.2. The Balaban J connectivity index is 2.20. The van der Waals surface area contributed by atoms with E-state index >= 15 is 0 Å². The number of halogens is 6. The summed E-state index contributed by atoms with van der Waals surface area (Å²) in [6, 6.07) is 1.68. The molecule has 0 aromatic heterocycles. The molecule has 1 aliphatic heterocycles. The molecular formula is C17H18F6O. The van der Waals surface area contributed by atoms with E-state index in [0.717, 1.165) is 31.4 Å². The van der Waals surface area contributed by atoms with E-state index in [1.165, 1.54) is 0 Å². The van der Waals surface area contributed by atoms with Crippen LogP contribution in [-0.2, 0) is 4.74 Å². The maximum absolute atomic E-state index is 13.9. The van der Waals surface area contributed by atoms with Gasteiger partial charge in [0.1, 0.15) is 17.5 Å². The second-order valence-electron chi connectivity index (χ2n) is 5.95. The lowest BCUT2D eigenvalue weighted by molar-refractivity contribution is -0.0798. The highest BCUT2D eigenvalue weighted by Crippen LogP contribution is 2.35. The van der Waals surface area contributed by atoms with Crippen molar-refractivity contribution in [3.63, 3.8) is 0 Å². The van der Waals surface area contributed by atoms with E-state index in [-0.39, 0.29) is 5.56 Å². The van der Waals surface area contributed by atoms with Crippen molar-refractivity contribution in [3.05, 3.63) is 41.0 Å². The molecule has 1 aromatic rings. The van der Waals surface area contributed by atoms with Crippen LogP contribution in [0.5, 0.6) is 0 Å². The van der Waals surface area contributed by atoms with Gasteiger partial charge in [0, 0.05) is 0 Å². The van der Waals surface area contributed by atoms with Gasteiger partial charge in [0.15, 0.2) is 0 Å². The topological polar surface area (TPSA) is 9.23 Å². The van der Waals surface area contributed by atoms with Crippen LogP contribution in [0.4, 0.5) is 26.3 Å². The minimum atomic E-state index is -5.00. The predicted octanol–water partition coefficient (Wildman–Crippen LogP) is 6.11. The van der Waals surface area contributed by atoms with Gasteiger partial charge in [-0.1, -0.05) is 13.3 Å². The van der Waals surface area contributed by atoms with Crippen LogP contribution in [0, 0.1) is 17.6 Å². The highest BCUT2D eigenvalue weighted by Gasteiger charge is 2.29. The van der Waals surface area contributed by atoms with Crippen LogP contribution >= 0.6 is 0 Å². The first-order valence-electron chi connectivity index (χ1n) is 7.77. The Labute approximate surface area is 136 Å². The SMILES string of the molecule is CCCC1CCC(c2cc(F)c(C(F)=CC(F)(F)F)c(F)c2)OC1. The second-order valence-corrected chi connectivity index (χ2v) is 5.95. The number of hydrogen-bond acceptors (Lipinski definition) is 1. The average Bonchev–Trinajstić information content (AvgIpc) is 2.45. The highest BCUT2D eigenvalue weighted by molar-refractivity contribution is 5.61. The fraction of sp³-hybridized carbons (Fsp3) is 0.529. The van der Waals surface area contributed by atoms with Gasteiger partial charge in [-0.05, 0) is 42.9 Å². The van der Waals surface area contributed by atoms with E-state index < -0.39 is 41.4 Å². The lowest BCUT2D eigenvalue weighted by Gasteiger charge is -2.29. The molecule has 0 amide bonds. The third-order valence-electron chi connectivity index (χ3n) is 4.03. The Bertz CT molecular complexity index is 577. The number of benzene rings is 1. The summed E-state index contributed by atoms with van der Waals surface area (Å²) in [7, 11) is 0. The van der Waals surface area contributed by atoms with E-state index in [1.54, 1.807) is 0 Å². The summed E-state index contributed by atoms with van der Waals surface area (Å²) in [5.74, 6) is -4.34. The molecule has 1 fully saturated rings. The van der Waals surface area contributed by atoms with Crippen molar-refractivity contribution in [2.45, 2.75) is 44.9 Å². The van der Waals surface area contributed by atoms with Crippen molar-refractivity contribution in [1.82, 2.24) is 0 Å². The maximum atomic E-state index is 13.9. The minimum absolute atomic E-state index is 0.170. The number of hydrogen-bond donors (Lipinski definition) is 0. The van der Waals surface area contributed by atoms with Crippen LogP contribution in [0.3, 0.4) is 0 Å². The van der Waals surface area contributed by atoms with Gasteiger partial charge in [-0.15, -0.1) is 0 Å². The summed E-state index contributed by atoms with van der Waals surface area (Å²) in [5, 5.41) is 0. The monoisotopic (exact) mass is 352 g/mol. The van der Waals surface area contributed by atoms with Crippen molar-refractivity contribution >= 4 is 5.83 Å². The molecule has 0 aliphatic carbocycles. The lowest BCUT2D eigenvalue weighted by Crippen LogP contribution is -2.21. The zero-order valence-electron chi connectivity index (χ0n) is 13.1. The van der Waals surface area contributed by atoms with Crippen molar-refractivity contribution in [2.75, 3.05) is 6.61 Å². The lowest BCUT2D eigenvalue weighted by atomic mass is 9.91. The van der Waals surface area contributed by atoms with E-state index in [4.69, 9.17) is 4.74 Å². The second kappa shape index (κ2) is 7.59. The molecular weight excluding hydrogens is 334 g/mol. The van der Waals surface area contributed by atoms with Gasteiger partial charge in [0.05, 0.1) is 24.4 Å². The highest BCUT2D eigenvalue weighted by atomic mass is 19.4. The van der Waals surface area contributed by atoms with Gasteiger partial charge in [-0.25, -0.2) is 13.2 Å². The molecule has 0 saturated carbocycles. The first-order valence-corrected chi connectivity index (χ1v) is 7.77. The van der Waals surface area contributed by atoms with Crippen LogP contribution in [0.2, 0.25) is 0 Å². The zero-order valence-corrected chi connectivity index (χ0v) is 13.1. The van der Waals surface area contributed by atoms with Crippen LogP contribution in [-0.4, -0.2) is 12.8 Å². The Kier molecular flexibility index (Phi) is 5.96. The Hall–Kier alpha value is -1.50. The van der Waals surface area contributed by atoms with E-state index in [0.29, 0.717) is 18.9 Å². The molecule has 7 heteroatoms. The van der Waals surface area contributed by atoms with E-state index in [1.807, 2.05) is 0 Å². The van der Waals surface area contributed by atoms with Crippen molar-refractivity contribution in [2.24, 2.45) is 5.92 Å². The zero-order chi connectivity index (χ0) is 17.9. The quantitative estimate of drug-likeness (QED) is 0.595. The Morgan fingerprint density at radius 1 is 1.21 bits per heavy atom. The normalized spacial score (nSPS) is 22.7. The van der Waals surface area contributed by atoms with Gasteiger partial charge in [-0.3, -0.25) is 0 Å². The molecule has 1 saturated heterocycles. The third kappa shape index (κ3) is 4.75. The Morgan fingerprint density at radius 2 is 1.83 bits per heavy atom. The average molecular weight is 352 g/mol. The van der Waals surface area contributed by atoms with Gasteiger partial charge < -0.3 is 4.74 Å². The summed E-state index contributed by atoms with van der Waals surface area (Å²) in [6.07, 6.45) is -2.88. The molecule has 134 valence electrons. The number of alkyl halides is 3. The molecule has 2 atom stereocenters. The summed E-state index contributed by atoms with van der Waals surface area (Å²) < 4.78 is 83.4. The van der Waals surface area contributed by atoms with Crippen LogP contribution in [0.15, 0.2) is 18.2 Å². The number of rotatable bonds is 4. The third-order valence-corrected chi connectivity index (χ3v) is 4.03. The van der Waals surface area contributed by atoms with Gasteiger partial charge in [0.25, 0.3) is 0 Å². The molecule has 0 N–H and O–H groups in total. The molecule has 2 rings (SSSR count). The van der Waals surface area contributed by atoms with Gasteiger partial charge >= 0.3 is 6.18 Å². The predicted molar refractivity (Wildman–Crippen MR) is 77.8 cm³/mol. The maximum Gasteiger partial charge on any atom is 0.412 e. The van der Waals surface area contributed by atoms with Crippen LogP contribution < -0.4 is 0 Å². The molecule has 0 spiro atoms. The standard InChI is InChI=1S/C17H18F6O/c1-2-3-10-4-5-15(24-9-10)11-6-12(18)16(13(19)7-11)14(20)8-17(21,22)23/h6-8,10,15H,2-5,9H2,1H3. The van der Waals surface area contributed by atoms with Gasteiger partial charge in [0.2, 0.25) is 0 Å². The number of allylic oxidation sites excluding steroid dienone is 1. The fourth-order valence-electron chi connectivity index (χ4n) is 2.93. The van der Waals surface area contributed by atoms with E-state index in [2.05, 4.69) is 6.92 Å². The Morgan fingerprint density at radius 3 is 2.29 bits per heavy atom. The molecule has 2 unspecified atom stereocenters. The molecule has 24 heavy (non-hydrogen) atoms. The summed E-state index contributed by atoms with van der Waals surface area (Å²) in [4.78, 5) is 0. The van der Waals surface area contributed by atoms with Crippen LogP contribution in [0.1, 0.15) is 49.8 Å². The molecule has 1 heterocycles. The van der Waals surface area contributed by atoms with Crippen molar-refractivity contribution in [1.29, 1.82) is 0 Å². The first kappa shape index (κ1) is 18.8. The number of ether oxygens (including phenoxy) is 1. The smallest absolute Gasteiger partial charge is 0.373 e. The van der Waals surface area contributed by atoms with E-state index in [9.17, 15) is 26.3 Å². The summed E-state index contributed by atoms with van der Waals surface area (Å²) >= 11 is 0. The molecule has 0 bridgehead atoms. The van der Waals surface area contributed by atoms with Crippen molar-refractivity contribution in [3.8, 4) is 0 Å². The van der Waals surface area contributed by atoms with Gasteiger partial charge in [-0.2, -0.15) is 13.2 Å². The summed E-state index contributed by atoms with van der Waals surface area (Å²) in [5.41, 5.74) is -1.14. The largest absolute Gasteiger partial charge is 0.412 e.